The lowest BCUT2D eigenvalue weighted by atomic mass is 9.99. The van der Waals surface area contributed by atoms with Crippen molar-refractivity contribution >= 4 is 17.7 Å². The van der Waals surface area contributed by atoms with Crippen molar-refractivity contribution in [3.63, 3.8) is 0 Å². The van der Waals surface area contributed by atoms with Crippen molar-refractivity contribution in [3.8, 4) is 5.69 Å². The molecule has 1 aromatic heterocycles. The third-order valence-corrected chi connectivity index (χ3v) is 3.72. The monoisotopic (exact) mass is 384 g/mol. The fraction of sp³-hybridized carbons (Fsp3) is 0.353. The molecule has 0 atom stereocenters. The van der Waals surface area contributed by atoms with Crippen LogP contribution in [-0.2, 0) is 11.0 Å². The van der Waals surface area contributed by atoms with Gasteiger partial charge in [-0.1, -0.05) is 0 Å². The number of aliphatic carboxylic acids is 1. The molecule has 2 amide bonds. The molecular weight excluding hydrogens is 365 g/mol. The fourth-order valence-corrected chi connectivity index (χ4v) is 2.36. The van der Waals surface area contributed by atoms with E-state index in [0.29, 0.717) is 5.69 Å². The van der Waals surface area contributed by atoms with Crippen LogP contribution in [0.2, 0.25) is 0 Å². The highest BCUT2D eigenvalue weighted by Crippen LogP contribution is 2.30. The number of nitrogens with zero attached hydrogens (tertiary/aromatic N) is 2. The van der Waals surface area contributed by atoms with Crippen molar-refractivity contribution in [2.45, 2.75) is 38.4 Å². The van der Waals surface area contributed by atoms with Crippen LogP contribution in [0.4, 0.5) is 23.7 Å². The molecule has 0 aliphatic heterocycles. The first-order valence-corrected chi connectivity index (χ1v) is 8.00. The van der Waals surface area contributed by atoms with Gasteiger partial charge in [0, 0.05) is 17.6 Å². The summed E-state index contributed by atoms with van der Waals surface area (Å²) >= 11 is 0. The molecule has 0 bridgehead atoms. The number of carbonyl (C=O) groups excluding carboxylic acids is 1. The van der Waals surface area contributed by atoms with Gasteiger partial charge in [0.2, 0.25) is 0 Å². The van der Waals surface area contributed by atoms with Crippen LogP contribution in [0.25, 0.3) is 5.69 Å². The standard InChI is InChI=1S/C17H19F3N4O3/c1-16(2,9-7-14(25)26)23-15(27)22-11-3-5-12(6-4-11)24-13(8-10-21-24)17(18,19)20/h3-6,8,10H,7,9H2,1-2H3,(H,25,26)(H2,22,23,27). The van der Waals surface area contributed by atoms with E-state index in [2.05, 4.69) is 15.7 Å². The van der Waals surface area contributed by atoms with E-state index >= 15 is 0 Å². The Morgan fingerprint density at radius 3 is 2.33 bits per heavy atom. The molecule has 0 fully saturated rings. The van der Waals surface area contributed by atoms with Crippen molar-refractivity contribution in [2.24, 2.45) is 0 Å². The average molecular weight is 384 g/mol. The Morgan fingerprint density at radius 1 is 1.15 bits per heavy atom. The Labute approximate surface area is 153 Å². The number of nitrogens with one attached hydrogen (secondary N) is 2. The van der Waals surface area contributed by atoms with Gasteiger partial charge in [-0.05, 0) is 50.6 Å². The van der Waals surface area contributed by atoms with Crippen LogP contribution in [0.15, 0.2) is 36.5 Å². The summed E-state index contributed by atoms with van der Waals surface area (Å²) in [6.07, 6.45) is -3.32. The maximum absolute atomic E-state index is 12.9. The number of amides is 2. The number of aromatic nitrogens is 2. The molecule has 1 aromatic carbocycles. The summed E-state index contributed by atoms with van der Waals surface area (Å²) in [5.41, 5.74) is -1.08. The zero-order valence-corrected chi connectivity index (χ0v) is 14.7. The van der Waals surface area contributed by atoms with Crippen LogP contribution in [0.1, 0.15) is 32.4 Å². The van der Waals surface area contributed by atoms with Gasteiger partial charge in [-0.2, -0.15) is 18.3 Å². The Bertz CT molecular complexity index is 814. The van der Waals surface area contributed by atoms with E-state index in [0.717, 1.165) is 16.9 Å². The molecular formula is C17H19F3N4O3. The molecule has 0 aliphatic carbocycles. The predicted octanol–water partition coefficient (Wildman–Crippen LogP) is 3.66. The lowest BCUT2D eigenvalue weighted by Crippen LogP contribution is -2.45. The van der Waals surface area contributed by atoms with Gasteiger partial charge in [0.15, 0.2) is 0 Å². The van der Waals surface area contributed by atoms with Gasteiger partial charge in [0.05, 0.1) is 11.9 Å². The molecule has 27 heavy (non-hydrogen) atoms. The van der Waals surface area contributed by atoms with E-state index in [9.17, 15) is 22.8 Å². The number of hydrogen-bond donors (Lipinski definition) is 3. The minimum absolute atomic E-state index is 0.0899. The van der Waals surface area contributed by atoms with E-state index in [-0.39, 0.29) is 18.5 Å². The van der Waals surface area contributed by atoms with E-state index in [1.807, 2.05) is 0 Å². The van der Waals surface area contributed by atoms with Crippen molar-refractivity contribution in [1.29, 1.82) is 0 Å². The number of hydrogen-bond acceptors (Lipinski definition) is 3. The number of anilines is 1. The van der Waals surface area contributed by atoms with E-state index in [1.165, 1.54) is 24.3 Å². The number of halogens is 3. The van der Waals surface area contributed by atoms with Crippen molar-refractivity contribution in [1.82, 2.24) is 15.1 Å². The fourth-order valence-electron chi connectivity index (χ4n) is 2.36. The molecule has 0 spiro atoms. The first-order chi connectivity index (χ1) is 12.5. The zero-order valence-electron chi connectivity index (χ0n) is 14.7. The summed E-state index contributed by atoms with van der Waals surface area (Å²) in [4.78, 5) is 22.7. The minimum Gasteiger partial charge on any atom is -0.481 e. The number of urea groups is 1. The van der Waals surface area contributed by atoms with Crippen LogP contribution >= 0.6 is 0 Å². The third-order valence-electron chi connectivity index (χ3n) is 3.72. The second kappa shape index (κ2) is 7.68. The van der Waals surface area contributed by atoms with Gasteiger partial charge in [-0.3, -0.25) is 4.79 Å². The summed E-state index contributed by atoms with van der Waals surface area (Å²) in [7, 11) is 0. The van der Waals surface area contributed by atoms with Crippen LogP contribution in [-0.4, -0.2) is 32.4 Å². The van der Waals surface area contributed by atoms with Gasteiger partial charge in [-0.15, -0.1) is 0 Å². The van der Waals surface area contributed by atoms with Crippen LogP contribution in [0.5, 0.6) is 0 Å². The smallest absolute Gasteiger partial charge is 0.433 e. The minimum atomic E-state index is -4.53. The first-order valence-electron chi connectivity index (χ1n) is 8.00. The number of benzene rings is 1. The van der Waals surface area contributed by atoms with E-state index in [1.54, 1.807) is 13.8 Å². The Kier molecular flexibility index (Phi) is 5.77. The predicted molar refractivity (Wildman–Crippen MR) is 91.7 cm³/mol. The largest absolute Gasteiger partial charge is 0.481 e. The van der Waals surface area contributed by atoms with Gasteiger partial charge >= 0.3 is 18.2 Å². The molecule has 3 N–H and O–H groups in total. The lowest BCUT2D eigenvalue weighted by molar-refractivity contribution is -0.142. The topological polar surface area (TPSA) is 96.3 Å². The van der Waals surface area contributed by atoms with Crippen molar-refractivity contribution in [2.75, 3.05) is 5.32 Å². The highest BCUT2D eigenvalue weighted by Gasteiger charge is 2.35. The molecule has 2 rings (SSSR count). The zero-order chi connectivity index (χ0) is 20.2. The Hall–Kier alpha value is -3.04. The maximum atomic E-state index is 12.9. The molecule has 7 nitrogen and oxygen atoms in total. The van der Waals surface area contributed by atoms with E-state index < -0.39 is 29.4 Å². The molecule has 2 aromatic rings. The first kappa shape index (κ1) is 20.3. The summed E-state index contributed by atoms with van der Waals surface area (Å²) in [5, 5.41) is 17.6. The number of carboxylic acid groups (broad SMARTS) is 1. The van der Waals surface area contributed by atoms with Crippen LogP contribution in [0, 0.1) is 0 Å². The number of alkyl halides is 3. The number of rotatable bonds is 6. The van der Waals surface area contributed by atoms with Gasteiger partial charge in [0.1, 0.15) is 5.69 Å². The second-order valence-corrected chi connectivity index (χ2v) is 6.53. The molecule has 0 radical (unpaired) electrons. The highest BCUT2D eigenvalue weighted by molar-refractivity contribution is 5.89. The normalized spacial score (nSPS) is 11.9. The van der Waals surface area contributed by atoms with Crippen molar-refractivity contribution < 1.29 is 27.9 Å². The average Bonchev–Trinajstić information content (AvgIpc) is 3.03. The van der Waals surface area contributed by atoms with Gasteiger partial charge in [0.25, 0.3) is 0 Å². The summed E-state index contributed by atoms with van der Waals surface area (Å²) in [5.74, 6) is -0.960. The molecule has 0 unspecified atom stereocenters. The molecule has 146 valence electrons. The third kappa shape index (κ3) is 5.73. The van der Waals surface area contributed by atoms with Gasteiger partial charge in [-0.25, -0.2) is 9.48 Å². The Morgan fingerprint density at radius 2 is 1.78 bits per heavy atom. The SMILES string of the molecule is CC(C)(CCC(=O)O)NC(=O)Nc1ccc(-n2nccc2C(F)(F)F)cc1. The van der Waals surface area contributed by atoms with Crippen LogP contribution in [0.3, 0.4) is 0 Å². The Balaban J connectivity index is 2.03. The lowest BCUT2D eigenvalue weighted by Gasteiger charge is -2.25. The molecule has 1 heterocycles. The summed E-state index contributed by atoms with van der Waals surface area (Å²) < 4.78 is 39.5. The summed E-state index contributed by atoms with van der Waals surface area (Å²) in [6.45, 7) is 3.38. The van der Waals surface area contributed by atoms with Gasteiger partial charge < -0.3 is 15.7 Å². The number of carboxylic acids is 1. The summed E-state index contributed by atoms with van der Waals surface area (Å²) in [6, 6.07) is 6.01. The maximum Gasteiger partial charge on any atom is 0.433 e. The molecule has 0 aliphatic rings. The quantitative estimate of drug-likeness (QED) is 0.708. The molecule has 10 heteroatoms. The number of carbonyl (C=O) groups is 2. The second-order valence-electron chi connectivity index (χ2n) is 6.53. The van der Waals surface area contributed by atoms with Crippen molar-refractivity contribution in [3.05, 3.63) is 42.2 Å². The molecule has 0 saturated heterocycles. The molecule has 0 saturated carbocycles. The van der Waals surface area contributed by atoms with Crippen LogP contribution < -0.4 is 10.6 Å². The highest BCUT2D eigenvalue weighted by atomic mass is 19.4. The van der Waals surface area contributed by atoms with E-state index in [4.69, 9.17) is 5.11 Å².